The van der Waals surface area contributed by atoms with Crippen LogP contribution in [0.25, 0.3) is 0 Å². The first-order chi connectivity index (χ1) is 30.4. The van der Waals surface area contributed by atoms with Gasteiger partial charge < -0.3 is 25.8 Å². The molecule has 3 amide bonds. The van der Waals surface area contributed by atoms with E-state index in [2.05, 4.69) is 35.6 Å². The SMILES string of the molecule is COC(=O)c1ccc(C(=O)NCc2ccc(Cl)c(Cl)c2)cn1.O=C(NCc1ccc(Cl)c(Cl)c1)c1ccc(C(=O)Cl)nc1.O=C(NCc1ccc(Cl)c(Cl)c1)c1ccc(C(=O)O)nc1. The van der Waals surface area contributed by atoms with E-state index in [1.165, 1.54) is 62.1 Å². The smallest absolute Gasteiger partial charge is 0.356 e. The van der Waals surface area contributed by atoms with Gasteiger partial charge in [0.1, 0.15) is 17.1 Å². The number of aromatic carboxylic acids is 1. The molecule has 0 fully saturated rings. The summed E-state index contributed by atoms with van der Waals surface area (Å²) in [5.41, 5.74) is 3.51. The molecule has 0 unspecified atom stereocenters. The number of benzene rings is 3. The van der Waals surface area contributed by atoms with Crippen LogP contribution >= 0.6 is 81.2 Å². The number of methoxy groups -OCH3 is 1. The van der Waals surface area contributed by atoms with E-state index in [9.17, 15) is 28.8 Å². The Morgan fingerprint density at radius 3 is 1.08 bits per heavy atom. The second-order valence-electron chi connectivity index (χ2n) is 12.7. The van der Waals surface area contributed by atoms with Crippen molar-refractivity contribution >= 4 is 116 Å². The summed E-state index contributed by atoms with van der Waals surface area (Å²) in [6.07, 6.45) is 3.82. The fraction of sp³-hybridized carbons (Fsp3) is 0.0930. The molecule has 330 valence electrons. The van der Waals surface area contributed by atoms with Gasteiger partial charge in [0.25, 0.3) is 23.0 Å². The number of carboxylic acids is 1. The number of carbonyl (C=O) groups excluding carboxylic acids is 5. The molecule has 3 aromatic carbocycles. The van der Waals surface area contributed by atoms with E-state index in [1.54, 1.807) is 54.6 Å². The number of nitrogens with zero attached hydrogens (tertiary/aromatic N) is 3. The predicted octanol–water partition coefficient (Wildman–Crippen LogP) is 9.82. The first kappa shape index (κ1) is 50.8. The second-order valence-corrected chi connectivity index (χ2v) is 15.4. The number of rotatable bonds is 12. The third-order valence-corrected chi connectivity index (χ3v) is 10.6. The van der Waals surface area contributed by atoms with Crippen molar-refractivity contribution in [1.29, 1.82) is 0 Å². The summed E-state index contributed by atoms with van der Waals surface area (Å²) < 4.78 is 4.54. The largest absolute Gasteiger partial charge is 0.477 e. The van der Waals surface area contributed by atoms with E-state index in [1.807, 2.05) is 0 Å². The maximum absolute atomic E-state index is 12.0. The molecule has 0 aliphatic heterocycles. The second kappa shape index (κ2) is 24.9. The summed E-state index contributed by atoms with van der Waals surface area (Å²) in [5, 5.41) is 18.8. The first-order valence-electron chi connectivity index (χ1n) is 18.0. The number of halogens is 7. The number of ether oxygens (including phenoxy) is 1. The van der Waals surface area contributed by atoms with Gasteiger partial charge in [0.05, 0.1) is 53.9 Å². The fourth-order valence-electron chi connectivity index (χ4n) is 4.85. The minimum Gasteiger partial charge on any atom is -0.477 e. The minimum atomic E-state index is -1.14. The fourth-order valence-corrected chi connectivity index (χ4v) is 5.93. The van der Waals surface area contributed by atoms with Crippen LogP contribution < -0.4 is 16.0 Å². The van der Waals surface area contributed by atoms with Crippen molar-refractivity contribution in [2.45, 2.75) is 19.6 Å². The molecule has 0 bridgehead atoms. The van der Waals surface area contributed by atoms with Crippen LogP contribution in [-0.4, -0.2) is 62.1 Å². The Morgan fingerprint density at radius 2 is 0.812 bits per heavy atom. The maximum atomic E-state index is 12.0. The molecule has 3 heterocycles. The van der Waals surface area contributed by atoms with Crippen LogP contribution in [0.5, 0.6) is 0 Å². The lowest BCUT2D eigenvalue weighted by atomic mass is 10.2. The van der Waals surface area contributed by atoms with Gasteiger partial charge in [-0.05, 0) is 101 Å². The van der Waals surface area contributed by atoms with Crippen LogP contribution in [0.3, 0.4) is 0 Å². The summed E-state index contributed by atoms with van der Waals surface area (Å²) in [7, 11) is 1.27. The van der Waals surface area contributed by atoms with Gasteiger partial charge in [-0.25, -0.2) is 19.6 Å². The van der Waals surface area contributed by atoms with Crippen molar-refractivity contribution in [3.05, 3.63) is 190 Å². The quantitative estimate of drug-likeness (QED) is 0.0670. The molecule has 14 nitrogen and oxygen atoms in total. The molecule has 6 rings (SSSR count). The van der Waals surface area contributed by atoms with Crippen LogP contribution in [0.2, 0.25) is 30.1 Å². The van der Waals surface area contributed by atoms with Gasteiger partial charge in [-0.1, -0.05) is 87.8 Å². The van der Waals surface area contributed by atoms with E-state index in [0.717, 1.165) is 16.7 Å². The van der Waals surface area contributed by atoms with Crippen LogP contribution in [0.4, 0.5) is 0 Å². The van der Waals surface area contributed by atoms with Gasteiger partial charge in [0.2, 0.25) is 0 Å². The van der Waals surface area contributed by atoms with Crippen molar-refractivity contribution in [2.75, 3.05) is 7.11 Å². The van der Waals surface area contributed by atoms with Crippen molar-refractivity contribution in [3.8, 4) is 0 Å². The molecule has 64 heavy (non-hydrogen) atoms. The number of carbonyl (C=O) groups is 6. The summed E-state index contributed by atoms with van der Waals surface area (Å²) in [5.74, 6) is -2.68. The molecule has 0 spiro atoms. The number of hydrogen-bond acceptors (Lipinski definition) is 10. The lowest BCUT2D eigenvalue weighted by Crippen LogP contribution is -2.23. The van der Waals surface area contributed by atoms with E-state index < -0.39 is 17.2 Å². The third-order valence-electron chi connectivity index (χ3n) is 8.20. The molecule has 4 N–H and O–H groups in total. The molecule has 0 saturated heterocycles. The number of nitrogens with one attached hydrogen (secondary N) is 3. The number of esters is 1. The minimum absolute atomic E-state index is 0.0951. The third kappa shape index (κ3) is 15.7. The highest BCUT2D eigenvalue weighted by molar-refractivity contribution is 6.67. The number of pyridine rings is 3. The molecular formula is C43H31Cl7N6O8. The van der Waals surface area contributed by atoms with Gasteiger partial charge >= 0.3 is 11.9 Å². The van der Waals surface area contributed by atoms with Crippen molar-refractivity contribution in [2.24, 2.45) is 0 Å². The Kier molecular flexibility index (Phi) is 19.7. The summed E-state index contributed by atoms with van der Waals surface area (Å²) >= 11 is 40.4. The average molecular weight is 1010 g/mol. The average Bonchev–Trinajstić information content (AvgIpc) is 3.30. The summed E-state index contributed by atoms with van der Waals surface area (Å²) in [4.78, 5) is 80.0. The Morgan fingerprint density at radius 1 is 0.484 bits per heavy atom. The normalized spacial score (nSPS) is 10.2. The highest BCUT2D eigenvalue weighted by Gasteiger charge is 2.13. The highest BCUT2D eigenvalue weighted by atomic mass is 35.5. The molecule has 0 aliphatic carbocycles. The monoisotopic (exact) mass is 1000 g/mol. The van der Waals surface area contributed by atoms with Gasteiger partial charge in [-0.15, -0.1) is 0 Å². The number of carboxylic acid groups (broad SMARTS) is 1. The summed E-state index contributed by atoms with van der Waals surface area (Å²) in [6, 6.07) is 23.8. The van der Waals surface area contributed by atoms with Crippen LogP contribution in [0, 0.1) is 0 Å². The van der Waals surface area contributed by atoms with E-state index in [-0.39, 0.29) is 46.9 Å². The summed E-state index contributed by atoms with van der Waals surface area (Å²) in [6.45, 7) is 0.872. The first-order valence-corrected chi connectivity index (χ1v) is 20.7. The zero-order valence-electron chi connectivity index (χ0n) is 32.8. The zero-order chi connectivity index (χ0) is 46.9. The van der Waals surface area contributed by atoms with E-state index in [0.29, 0.717) is 54.4 Å². The van der Waals surface area contributed by atoms with E-state index in [4.69, 9.17) is 86.3 Å². The van der Waals surface area contributed by atoms with Crippen LogP contribution in [-0.2, 0) is 24.4 Å². The van der Waals surface area contributed by atoms with Crippen LogP contribution in [0.15, 0.2) is 110 Å². The number of amides is 3. The lowest BCUT2D eigenvalue weighted by Gasteiger charge is -2.06. The van der Waals surface area contributed by atoms with E-state index >= 15 is 0 Å². The molecular weight excluding hydrogens is 977 g/mol. The maximum Gasteiger partial charge on any atom is 0.356 e. The standard InChI is InChI=1S/C15H12Cl2N2O3.C14H9Cl3N2O2.C14H10Cl2N2O3/c1-22-15(21)13-5-3-10(8-18-13)14(20)19-7-9-2-4-11(16)12(17)6-9;15-10-3-1-8(5-11(10)16)6-19-14(21)9-2-4-12(13(17)20)18-7-9;15-10-3-1-8(5-11(10)16)6-18-13(19)9-2-4-12(14(20)21)17-7-9/h2-6,8H,7H2,1H3,(H,19,20);1-5,7H,6H2,(H,19,21);1-5,7H,6H2,(H,18,19)(H,20,21). The predicted molar refractivity (Wildman–Crippen MR) is 244 cm³/mol. The zero-order valence-corrected chi connectivity index (χ0v) is 38.1. The molecule has 3 aromatic heterocycles. The molecule has 0 radical (unpaired) electrons. The van der Waals surface area contributed by atoms with Crippen LogP contribution in [0.1, 0.15) is 79.2 Å². The molecule has 6 aromatic rings. The molecule has 0 saturated carbocycles. The number of aromatic nitrogens is 3. The van der Waals surface area contributed by atoms with Crippen molar-refractivity contribution in [3.63, 3.8) is 0 Å². The number of hydrogen-bond donors (Lipinski definition) is 4. The Labute approximate surface area is 400 Å². The lowest BCUT2D eigenvalue weighted by molar-refractivity contribution is 0.0592. The molecule has 21 heteroatoms. The van der Waals surface area contributed by atoms with Crippen molar-refractivity contribution < 1.29 is 38.6 Å². The Balaban J connectivity index is 0.000000210. The van der Waals surface area contributed by atoms with Gasteiger partial charge in [0, 0.05) is 38.2 Å². The van der Waals surface area contributed by atoms with Gasteiger partial charge in [-0.3, -0.25) is 24.2 Å². The molecule has 0 aliphatic rings. The van der Waals surface area contributed by atoms with Crippen molar-refractivity contribution in [1.82, 2.24) is 30.9 Å². The Bertz CT molecular complexity index is 2530. The topological polar surface area (TPSA) is 207 Å². The van der Waals surface area contributed by atoms with Gasteiger partial charge in [-0.2, -0.15) is 0 Å². The Hall–Kier alpha value is -5.84. The highest BCUT2D eigenvalue weighted by Crippen LogP contribution is 2.24. The molecule has 0 atom stereocenters. The van der Waals surface area contributed by atoms with Gasteiger partial charge in [0.15, 0.2) is 0 Å².